The van der Waals surface area contributed by atoms with Gasteiger partial charge < -0.3 is 24.2 Å². The molecule has 15 heteroatoms. The molecule has 0 aliphatic carbocycles. The summed E-state index contributed by atoms with van der Waals surface area (Å²) < 4.78 is 18.0. The standard InChI is InChI=1S/C39H45N6O8P/c1-5-18-43-25-36(47)44-33(20-27-14-16-30(17-15-27)53-54(50,51)52)38(48)42(24-35(44)45(43)39(49)40-21-28-10-7-6-8-11-28)22-29-12-9-13-31-32(23-41(4)37(29)31)34(46)19-26(2)3/h5-17,23,26,33,35H,1,18-22,24-25H2,2-4H3,(H,40,49)(H2,50,51,52)/t33-,35-/m0/s1. The largest absolute Gasteiger partial charge is 0.524 e. The summed E-state index contributed by atoms with van der Waals surface area (Å²) >= 11 is 0. The number of para-hydroxylation sites is 1. The Bertz CT molecular complexity index is 2100. The number of fused-ring (bicyclic) bond motifs is 2. The summed E-state index contributed by atoms with van der Waals surface area (Å²) in [6.45, 7) is 8.25. The summed E-state index contributed by atoms with van der Waals surface area (Å²) in [4.78, 5) is 77.7. The van der Waals surface area contributed by atoms with Crippen molar-refractivity contribution in [3.63, 3.8) is 0 Å². The lowest BCUT2D eigenvalue weighted by molar-refractivity contribution is -0.189. The number of benzene rings is 3. The fourth-order valence-corrected chi connectivity index (χ4v) is 7.73. The minimum absolute atomic E-state index is 0.00246. The lowest BCUT2D eigenvalue weighted by atomic mass is 9.97. The van der Waals surface area contributed by atoms with E-state index in [0.717, 1.165) is 22.0 Å². The molecule has 3 aromatic carbocycles. The van der Waals surface area contributed by atoms with Gasteiger partial charge in [0.15, 0.2) is 5.78 Å². The average Bonchev–Trinajstić information content (AvgIpc) is 3.46. The van der Waals surface area contributed by atoms with Gasteiger partial charge in [-0.05, 0) is 34.7 Å². The van der Waals surface area contributed by atoms with Crippen LogP contribution < -0.4 is 9.84 Å². The van der Waals surface area contributed by atoms with Gasteiger partial charge in [-0.2, -0.15) is 0 Å². The van der Waals surface area contributed by atoms with Gasteiger partial charge in [0, 0.05) is 56.7 Å². The number of phosphoric acid groups is 1. The number of hydrogen-bond acceptors (Lipinski definition) is 7. The maximum atomic E-state index is 14.6. The number of Topliss-reactive ketones (excluding diaryl/α,β-unsaturated/α-hetero) is 1. The average molecular weight is 757 g/mol. The molecule has 2 atom stereocenters. The molecule has 0 bridgehead atoms. The molecule has 0 radical (unpaired) electrons. The Labute approximate surface area is 313 Å². The van der Waals surface area contributed by atoms with E-state index in [4.69, 9.17) is 4.52 Å². The van der Waals surface area contributed by atoms with Crippen LogP contribution in [0.25, 0.3) is 10.9 Å². The van der Waals surface area contributed by atoms with Crippen molar-refractivity contribution in [2.45, 2.75) is 52.0 Å². The van der Waals surface area contributed by atoms with Crippen molar-refractivity contribution < 1.29 is 38.1 Å². The third kappa shape index (κ3) is 8.42. The molecule has 0 saturated carbocycles. The number of carbonyl (C=O) groups excluding carboxylic acids is 4. The molecular weight excluding hydrogens is 711 g/mol. The second kappa shape index (κ2) is 16.0. The minimum atomic E-state index is -4.79. The predicted octanol–water partition coefficient (Wildman–Crippen LogP) is 4.62. The molecule has 0 unspecified atom stereocenters. The minimum Gasteiger partial charge on any atom is -0.404 e. The van der Waals surface area contributed by atoms with Crippen molar-refractivity contribution in [1.29, 1.82) is 0 Å². The van der Waals surface area contributed by atoms with Crippen molar-refractivity contribution in [3.8, 4) is 5.75 Å². The molecule has 3 heterocycles. The number of ketones is 1. The summed E-state index contributed by atoms with van der Waals surface area (Å²) in [6, 6.07) is 19.6. The van der Waals surface area contributed by atoms with E-state index in [2.05, 4.69) is 11.9 Å². The van der Waals surface area contributed by atoms with E-state index in [1.54, 1.807) is 28.1 Å². The molecule has 14 nitrogen and oxygen atoms in total. The van der Waals surface area contributed by atoms with E-state index >= 15 is 0 Å². The normalized spacial score (nSPS) is 17.9. The van der Waals surface area contributed by atoms with Crippen LogP contribution in [0.4, 0.5) is 4.79 Å². The fraction of sp³-hybridized carbons (Fsp3) is 0.333. The Morgan fingerprint density at radius 1 is 1.02 bits per heavy atom. The maximum absolute atomic E-state index is 14.6. The highest BCUT2D eigenvalue weighted by molar-refractivity contribution is 7.46. The van der Waals surface area contributed by atoms with Gasteiger partial charge in [-0.25, -0.2) is 19.4 Å². The molecule has 2 aliphatic heterocycles. The molecule has 0 spiro atoms. The van der Waals surface area contributed by atoms with Crippen LogP contribution in [0.1, 0.15) is 47.3 Å². The van der Waals surface area contributed by atoms with Gasteiger partial charge in [0.05, 0.1) is 18.6 Å². The highest BCUT2D eigenvalue weighted by atomic mass is 31.2. The molecule has 284 valence electrons. The van der Waals surface area contributed by atoms with Crippen LogP contribution in [0.15, 0.2) is 91.6 Å². The number of urea groups is 1. The van der Waals surface area contributed by atoms with Gasteiger partial charge in [0.25, 0.3) is 0 Å². The van der Waals surface area contributed by atoms with Crippen LogP contribution in [-0.4, -0.2) is 89.6 Å². The summed E-state index contributed by atoms with van der Waals surface area (Å²) in [5, 5.41) is 6.90. The number of rotatable bonds is 13. The van der Waals surface area contributed by atoms with Crippen LogP contribution in [0.2, 0.25) is 0 Å². The van der Waals surface area contributed by atoms with Gasteiger partial charge in [0.2, 0.25) is 11.8 Å². The van der Waals surface area contributed by atoms with Gasteiger partial charge in [-0.3, -0.25) is 24.2 Å². The van der Waals surface area contributed by atoms with Crippen molar-refractivity contribution >= 4 is 42.4 Å². The van der Waals surface area contributed by atoms with E-state index in [9.17, 15) is 33.5 Å². The van der Waals surface area contributed by atoms with Gasteiger partial charge in [0.1, 0.15) is 18.0 Å². The maximum Gasteiger partial charge on any atom is 0.524 e. The van der Waals surface area contributed by atoms with Crippen molar-refractivity contribution in [2.24, 2.45) is 13.0 Å². The molecule has 4 amide bonds. The van der Waals surface area contributed by atoms with Crippen molar-refractivity contribution in [3.05, 3.63) is 114 Å². The Morgan fingerprint density at radius 2 is 1.74 bits per heavy atom. The molecule has 3 N–H and O–H groups in total. The molecule has 2 aliphatic rings. The van der Waals surface area contributed by atoms with Crippen LogP contribution in [0, 0.1) is 5.92 Å². The first-order valence-corrected chi connectivity index (χ1v) is 19.3. The fourth-order valence-electron chi connectivity index (χ4n) is 7.33. The van der Waals surface area contributed by atoms with E-state index in [1.165, 1.54) is 22.0 Å². The zero-order valence-electron chi connectivity index (χ0n) is 30.5. The Kier molecular flexibility index (Phi) is 11.4. The highest BCUT2D eigenvalue weighted by Crippen LogP contribution is 2.38. The van der Waals surface area contributed by atoms with Crippen molar-refractivity contribution in [2.75, 3.05) is 19.6 Å². The molecule has 6 rings (SSSR count). The SMILES string of the molecule is C=CCN1CC(=O)N2[C@@H](Cc3ccc(OP(=O)(O)O)cc3)C(=O)N(Cc3cccc4c(C(=O)CC(C)C)cn(C)c34)C[C@@H]2N1C(=O)NCc1ccccc1. The Morgan fingerprint density at radius 3 is 2.41 bits per heavy atom. The predicted molar refractivity (Wildman–Crippen MR) is 202 cm³/mol. The van der Waals surface area contributed by atoms with Gasteiger partial charge >= 0.3 is 13.9 Å². The van der Waals surface area contributed by atoms with Crippen LogP contribution in [0.3, 0.4) is 0 Å². The molecule has 1 aromatic heterocycles. The number of carbonyl (C=O) groups is 4. The second-order valence-corrected chi connectivity index (χ2v) is 15.2. The highest BCUT2D eigenvalue weighted by Gasteiger charge is 2.51. The van der Waals surface area contributed by atoms with Crippen LogP contribution in [-0.2, 0) is 40.7 Å². The number of aryl methyl sites for hydroxylation is 1. The number of hydrogen-bond donors (Lipinski definition) is 3. The lowest BCUT2D eigenvalue weighted by Crippen LogP contribution is -2.76. The van der Waals surface area contributed by atoms with Gasteiger partial charge in [-0.1, -0.05) is 80.6 Å². The third-order valence-corrected chi connectivity index (χ3v) is 10.0. The Balaban J connectivity index is 1.38. The monoisotopic (exact) mass is 756 g/mol. The first-order valence-electron chi connectivity index (χ1n) is 17.7. The number of nitrogens with zero attached hydrogens (tertiary/aromatic N) is 5. The Hall–Kier alpha value is -5.27. The summed E-state index contributed by atoms with van der Waals surface area (Å²) in [5.74, 6) is -0.512. The first kappa shape index (κ1) is 38.5. The van der Waals surface area contributed by atoms with Crippen LogP contribution in [0.5, 0.6) is 5.75 Å². The topological polar surface area (TPSA) is 165 Å². The number of piperazine rings is 1. The quantitative estimate of drug-likeness (QED) is 0.100. The van der Waals surface area contributed by atoms with Gasteiger partial charge in [-0.15, -0.1) is 6.58 Å². The summed E-state index contributed by atoms with van der Waals surface area (Å²) in [5.41, 5.74) is 3.71. The third-order valence-electron chi connectivity index (χ3n) is 9.58. The van der Waals surface area contributed by atoms with E-state index < -0.39 is 26.1 Å². The zero-order valence-corrected chi connectivity index (χ0v) is 31.4. The lowest BCUT2D eigenvalue weighted by Gasteiger charge is -2.55. The van der Waals surface area contributed by atoms with E-state index in [-0.39, 0.29) is 68.4 Å². The van der Waals surface area contributed by atoms with Crippen molar-refractivity contribution in [1.82, 2.24) is 29.7 Å². The van der Waals surface area contributed by atoms with Crippen LogP contribution >= 0.6 is 7.82 Å². The number of amides is 4. The smallest absolute Gasteiger partial charge is 0.404 e. The van der Waals surface area contributed by atoms with E-state index in [0.29, 0.717) is 17.5 Å². The summed E-state index contributed by atoms with van der Waals surface area (Å²) in [7, 11) is -2.92. The number of aromatic nitrogens is 1. The summed E-state index contributed by atoms with van der Waals surface area (Å²) in [6.07, 6.45) is 3.00. The molecule has 4 aromatic rings. The first-order chi connectivity index (χ1) is 25.7. The number of hydrazine groups is 1. The number of phosphoric ester groups is 1. The number of nitrogens with one attached hydrogen (secondary N) is 1. The molecule has 2 fully saturated rings. The zero-order chi connectivity index (χ0) is 38.7. The molecule has 54 heavy (non-hydrogen) atoms. The second-order valence-electron chi connectivity index (χ2n) is 14.1. The molecule has 2 saturated heterocycles. The molecular formula is C39H45N6O8P. The van der Waals surface area contributed by atoms with E-state index in [1.807, 2.05) is 80.2 Å².